The van der Waals surface area contributed by atoms with Gasteiger partial charge in [0.05, 0.1) is 18.2 Å². The molecule has 30 heavy (non-hydrogen) atoms. The first-order valence-corrected chi connectivity index (χ1v) is 12.0. The van der Waals surface area contributed by atoms with Gasteiger partial charge in [0.1, 0.15) is 10.6 Å². The number of ether oxygens (including phenoxy) is 1. The first-order chi connectivity index (χ1) is 14.6. The lowest BCUT2D eigenvalue weighted by Crippen LogP contribution is -2.26. The molecular formula is C22H25N3O3S2. The minimum absolute atomic E-state index is 0.0289. The molecule has 0 spiro atoms. The van der Waals surface area contributed by atoms with E-state index in [0.29, 0.717) is 18.2 Å². The van der Waals surface area contributed by atoms with E-state index in [4.69, 9.17) is 9.72 Å². The van der Waals surface area contributed by atoms with Crippen LogP contribution < -0.4 is 15.6 Å². The van der Waals surface area contributed by atoms with Crippen molar-refractivity contribution in [3.8, 4) is 5.75 Å². The zero-order chi connectivity index (χ0) is 21.1. The molecule has 0 aliphatic heterocycles. The number of aryl methyl sites for hydroxylation is 2. The Labute approximate surface area is 183 Å². The van der Waals surface area contributed by atoms with Crippen molar-refractivity contribution >= 4 is 39.2 Å². The summed E-state index contributed by atoms with van der Waals surface area (Å²) in [6, 6.07) is 7.61. The second kappa shape index (κ2) is 9.22. The minimum Gasteiger partial charge on any atom is -0.497 e. The number of carbonyl (C=O) groups excluding carboxylic acids is 1. The van der Waals surface area contributed by atoms with Crippen LogP contribution in [-0.2, 0) is 30.7 Å². The van der Waals surface area contributed by atoms with Crippen molar-refractivity contribution in [2.24, 2.45) is 0 Å². The van der Waals surface area contributed by atoms with Crippen LogP contribution in [0.15, 0.2) is 34.2 Å². The van der Waals surface area contributed by atoms with Crippen LogP contribution in [-0.4, -0.2) is 28.3 Å². The molecular weight excluding hydrogens is 418 g/mol. The van der Waals surface area contributed by atoms with Gasteiger partial charge in [-0.1, -0.05) is 23.9 Å². The van der Waals surface area contributed by atoms with Gasteiger partial charge in [-0.3, -0.25) is 14.2 Å². The van der Waals surface area contributed by atoms with Gasteiger partial charge in [-0.2, -0.15) is 0 Å². The number of thiophene rings is 1. The summed E-state index contributed by atoms with van der Waals surface area (Å²) in [6.07, 6.45) is 4.32. The van der Waals surface area contributed by atoms with Gasteiger partial charge < -0.3 is 10.1 Å². The lowest BCUT2D eigenvalue weighted by atomic mass is 9.97. The third-order valence-electron chi connectivity index (χ3n) is 5.31. The van der Waals surface area contributed by atoms with E-state index in [-0.39, 0.29) is 17.2 Å². The highest BCUT2D eigenvalue weighted by molar-refractivity contribution is 7.99. The van der Waals surface area contributed by atoms with Crippen molar-refractivity contribution in [3.63, 3.8) is 0 Å². The van der Waals surface area contributed by atoms with Crippen molar-refractivity contribution in [3.05, 3.63) is 50.6 Å². The maximum absolute atomic E-state index is 13.1. The van der Waals surface area contributed by atoms with Crippen LogP contribution >= 0.6 is 23.1 Å². The fourth-order valence-corrected chi connectivity index (χ4v) is 5.97. The highest BCUT2D eigenvalue weighted by Crippen LogP contribution is 2.34. The molecule has 0 saturated heterocycles. The number of aromatic nitrogens is 2. The average molecular weight is 444 g/mol. The largest absolute Gasteiger partial charge is 0.497 e. The molecule has 0 atom stereocenters. The Bertz CT molecular complexity index is 1140. The molecule has 4 rings (SSSR count). The van der Waals surface area contributed by atoms with Crippen molar-refractivity contribution < 1.29 is 9.53 Å². The Morgan fingerprint density at radius 3 is 2.97 bits per heavy atom. The molecule has 1 aromatic carbocycles. The number of carbonyl (C=O) groups is 1. The summed E-state index contributed by atoms with van der Waals surface area (Å²) in [5, 5.41) is 4.33. The van der Waals surface area contributed by atoms with Crippen LogP contribution in [0.4, 0.5) is 0 Å². The fourth-order valence-electron chi connectivity index (χ4n) is 3.77. The second-order valence-corrected chi connectivity index (χ2v) is 9.28. The van der Waals surface area contributed by atoms with Crippen LogP contribution in [0.25, 0.3) is 10.2 Å². The topological polar surface area (TPSA) is 73.2 Å². The molecule has 2 aromatic heterocycles. The number of hydrogen-bond donors (Lipinski definition) is 1. The number of fused-ring (bicyclic) bond motifs is 3. The molecule has 8 heteroatoms. The van der Waals surface area contributed by atoms with Gasteiger partial charge in [-0.05, 0) is 55.9 Å². The summed E-state index contributed by atoms with van der Waals surface area (Å²) >= 11 is 2.96. The van der Waals surface area contributed by atoms with Crippen LogP contribution in [0, 0.1) is 0 Å². The molecule has 158 valence electrons. The van der Waals surface area contributed by atoms with Crippen molar-refractivity contribution in [1.82, 2.24) is 14.9 Å². The van der Waals surface area contributed by atoms with Gasteiger partial charge in [0.25, 0.3) is 5.56 Å². The summed E-state index contributed by atoms with van der Waals surface area (Å²) in [6.45, 7) is 2.92. The van der Waals surface area contributed by atoms with E-state index >= 15 is 0 Å². The van der Waals surface area contributed by atoms with Crippen LogP contribution in [0.1, 0.15) is 35.8 Å². The number of thioether (sulfide) groups is 1. The molecule has 1 amide bonds. The molecule has 3 aromatic rings. The van der Waals surface area contributed by atoms with E-state index < -0.39 is 0 Å². The number of hydrogen-bond acceptors (Lipinski definition) is 6. The van der Waals surface area contributed by atoms with Gasteiger partial charge in [0, 0.05) is 18.0 Å². The number of methoxy groups -OCH3 is 1. The Morgan fingerprint density at radius 1 is 1.33 bits per heavy atom. The number of rotatable bonds is 7. The zero-order valence-corrected chi connectivity index (χ0v) is 18.8. The summed E-state index contributed by atoms with van der Waals surface area (Å²) in [7, 11) is 1.62. The molecule has 0 radical (unpaired) electrons. The molecule has 1 N–H and O–H groups in total. The quantitative estimate of drug-likeness (QED) is 0.444. The number of nitrogens with one attached hydrogen (secondary N) is 1. The third-order valence-corrected chi connectivity index (χ3v) is 7.47. The molecule has 6 nitrogen and oxygen atoms in total. The minimum atomic E-state index is -0.0923. The molecule has 0 bridgehead atoms. The van der Waals surface area contributed by atoms with E-state index in [0.717, 1.165) is 40.8 Å². The highest BCUT2D eigenvalue weighted by atomic mass is 32.2. The van der Waals surface area contributed by atoms with Crippen molar-refractivity contribution in [1.29, 1.82) is 0 Å². The SMILES string of the molecule is CCn1c(SCC(=O)NCc2cccc(OC)c2)nc2sc3c(c2c1=O)CCCC3. The van der Waals surface area contributed by atoms with E-state index in [1.807, 2.05) is 31.2 Å². The van der Waals surface area contributed by atoms with Gasteiger partial charge in [-0.25, -0.2) is 4.98 Å². The molecule has 0 saturated carbocycles. The van der Waals surface area contributed by atoms with Gasteiger partial charge in [0.2, 0.25) is 5.91 Å². The Kier molecular flexibility index (Phi) is 6.43. The number of nitrogens with zero attached hydrogens (tertiary/aromatic N) is 2. The Morgan fingerprint density at radius 2 is 2.17 bits per heavy atom. The maximum atomic E-state index is 13.1. The third kappa shape index (κ3) is 4.25. The Balaban J connectivity index is 1.48. The smallest absolute Gasteiger partial charge is 0.263 e. The van der Waals surface area contributed by atoms with Gasteiger partial charge >= 0.3 is 0 Å². The molecule has 2 heterocycles. The van der Waals surface area contributed by atoms with Crippen LogP contribution in [0.5, 0.6) is 5.75 Å². The summed E-state index contributed by atoms with van der Waals surface area (Å²) < 4.78 is 6.91. The van der Waals surface area contributed by atoms with Crippen LogP contribution in [0.3, 0.4) is 0 Å². The summed E-state index contributed by atoms with van der Waals surface area (Å²) in [5.41, 5.74) is 2.21. The normalized spacial score (nSPS) is 13.3. The summed E-state index contributed by atoms with van der Waals surface area (Å²) in [4.78, 5) is 32.4. The molecule has 1 aliphatic carbocycles. The molecule has 0 unspecified atom stereocenters. The van der Waals surface area contributed by atoms with Gasteiger partial charge in [-0.15, -0.1) is 11.3 Å². The monoisotopic (exact) mass is 443 g/mol. The van der Waals surface area contributed by atoms with Gasteiger partial charge in [0.15, 0.2) is 5.16 Å². The number of amides is 1. The number of benzene rings is 1. The van der Waals surface area contributed by atoms with E-state index in [9.17, 15) is 9.59 Å². The second-order valence-electron chi connectivity index (χ2n) is 7.25. The Hall–Kier alpha value is -2.32. The van der Waals surface area contributed by atoms with E-state index in [1.165, 1.54) is 28.6 Å². The van der Waals surface area contributed by atoms with Crippen molar-refractivity contribution in [2.45, 2.75) is 50.9 Å². The predicted octanol–water partition coefficient (Wildman–Crippen LogP) is 3.77. The standard InChI is InChI=1S/C22H25N3O3S2/c1-3-25-21(27)19-16-9-4-5-10-17(16)30-20(19)24-22(25)29-13-18(26)23-12-14-7-6-8-15(11-14)28-2/h6-8,11H,3-5,9-10,12-13H2,1-2H3,(H,23,26). The lowest BCUT2D eigenvalue weighted by Gasteiger charge is -2.12. The zero-order valence-electron chi connectivity index (χ0n) is 17.2. The predicted molar refractivity (Wildman–Crippen MR) is 122 cm³/mol. The first kappa shape index (κ1) is 20.9. The van der Waals surface area contributed by atoms with Crippen molar-refractivity contribution in [2.75, 3.05) is 12.9 Å². The lowest BCUT2D eigenvalue weighted by molar-refractivity contribution is -0.118. The summed E-state index contributed by atoms with van der Waals surface area (Å²) in [5.74, 6) is 0.886. The van der Waals surface area contributed by atoms with E-state index in [1.54, 1.807) is 23.0 Å². The van der Waals surface area contributed by atoms with E-state index in [2.05, 4.69) is 5.32 Å². The molecule has 1 aliphatic rings. The molecule has 0 fully saturated rings. The fraction of sp³-hybridized carbons (Fsp3) is 0.409. The average Bonchev–Trinajstić information content (AvgIpc) is 3.15. The highest BCUT2D eigenvalue weighted by Gasteiger charge is 2.22. The van der Waals surface area contributed by atoms with Crippen LogP contribution in [0.2, 0.25) is 0 Å². The maximum Gasteiger partial charge on any atom is 0.263 e. The first-order valence-electron chi connectivity index (χ1n) is 10.2.